The van der Waals surface area contributed by atoms with Gasteiger partial charge in [0.05, 0.1) is 5.69 Å². The van der Waals surface area contributed by atoms with Crippen LogP contribution in [0.3, 0.4) is 0 Å². The Morgan fingerprint density at radius 2 is 1.95 bits per heavy atom. The number of aromatic nitrogens is 1. The number of carboxylic acid groups (broad SMARTS) is 1. The standard InChI is InChI=1S/C16H16N2O3/c1-10-5-3-4-6-12(10)7-8-14(19)18-13-9-17-11(2)15(13)16(20)21/h3-9,17H,1-2H3,(H,18,19)(H,20,21)/b8-7+. The summed E-state index contributed by atoms with van der Waals surface area (Å²) in [7, 11) is 0. The predicted octanol–water partition coefficient (Wildman–Crippen LogP) is 2.98. The molecule has 1 aromatic carbocycles. The zero-order valence-corrected chi connectivity index (χ0v) is 11.8. The molecule has 5 heteroatoms. The molecule has 1 aromatic heterocycles. The number of hydrogen-bond donors (Lipinski definition) is 3. The van der Waals surface area contributed by atoms with Crippen LogP contribution in [0.4, 0.5) is 5.69 Å². The normalized spacial score (nSPS) is 10.8. The highest BCUT2D eigenvalue weighted by molar-refractivity contribution is 6.06. The first-order valence-corrected chi connectivity index (χ1v) is 6.45. The summed E-state index contributed by atoms with van der Waals surface area (Å²) >= 11 is 0. The Bertz CT molecular complexity index is 714. The third-order valence-electron chi connectivity index (χ3n) is 3.15. The van der Waals surface area contributed by atoms with E-state index in [1.54, 1.807) is 13.0 Å². The SMILES string of the molecule is Cc1ccccc1/C=C/C(=O)Nc1c[nH]c(C)c1C(=O)O. The lowest BCUT2D eigenvalue weighted by Gasteiger charge is -2.02. The van der Waals surface area contributed by atoms with E-state index in [0.29, 0.717) is 5.69 Å². The molecule has 0 aliphatic heterocycles. The molecule has 0 unspecified atom stereocenters. The van der Waals surface area contributed by atoms with Crippen LogP contribution in [-0.2, 0) is 4.79 Å². The van der Waals surface area contributed by atoms with Crippen molar-refractivity contribution >= 4 is 23.6 Å². The van der Waals surface area contributed by atoms with E-state index >= 15 is 0 Å². The molecule has 0 atom stereocenters. The van der Waals surface area contributed by atoms with Crippen molar-refractivity contribution in [1.82, 2.24) is 4.98 Å². The lowest BCUT2D eigenvalue weighted by molar-refractivity contribution is -0.111. The van der Waals surface area contributed by atoms with Crippen LogP contribution in [0.15, 0.2) is 36.5 Å². The maximum atomic E-state index is 11.9. The minimum atomic E-state index is -1.08. The fraction of sp³-hybridized carbons (Fsp3) is 0.125. The van der Waals surface area contributed by atoms with Gasteiger partial charge in [0, 0.05) is 18.0 Å². The molecule has 2 rings (SSSR count). The van der Waals surface area contributed by atoms with Crippen molar-refractivity contribution < 1.29 is 14.7 Å². The number of nitrogens with one attached hydrogen (secondary N) is 2. The van der Waals surface area contributed by atoms with E-state index in [2.05, 4.69) is 10.3 Å². The minimum Gasteiger partial charge on any atom is -0.478 e. The average molecular weight is 284 g/mol. The smallest absolute Gasteiger partial charge is 0.339 e. The molecule has 0 bridgehead atoms. The number of carboxylic acids is 1. The maximum Gasteiger partial charge on any atom is 0.339 e. The fourth-order valence-electron chi connectivity index (χ4n) is 2.01. The number of benzene rings is 1. The molecule has 0 aliphatic rings. The topological polar surface area (TPSA) is 82.2 Å². The minimum absolute atomic E-state index is 0.0765. The molecule has 0 spiro atoms. The molecule has 2 aromatic rings. The van der Waals surface area contributed by atoms with E-state index < -0.39 is 5.97 Å². The van der Waals surface area contributed by atoms with Gasteiger partial charge in [0.1, 0.15) is 5.56 Å². The molecule has 1 amide bonds. The van der Waals surface area contributed by atoms with Crippen molar-refractivity contribution in [1.29, 1.82) is 0 Å². The molecule has 1 heterocycles. The van der Waals surface area contributed by atoms with E-state index in [0.717, 1.165) is 11.1 Å². The maximum absolute atomic E-state index is 11.9. The predicted molar refractivity (Wildman–Crippen MR) is 81.3 cm³/mol. The summed E-state index contributed by atoms with van der Waals surface area (Å²) in [6.07, 6.45) is 4.55. The van der Waals surface area contributed by atoms with Gasteiger partial charge in [0.2, 0.25) is 5.91 Å². The highest BCUT2D eigenvalue weighted by Crippen LogP contribution is 2.19. The summed E-state index contributed by atoms with van der Waals surface area (Å²) in [4.78, 5) is 25.8. The van der Waals surface area contributed by atoms with Crippen LogP contribution in [-0.4, -0.2) is 22.0 Å². The molecule has 0 aliphatic carbocycles. The number of aromatic amines is 1. The first-order chi connectivity index (χ1) is 9.99. The van der Waals surface area contributed by atoms with Crippen LogP contribution in [0, 0.1) is 13.8 Å². The van der Waals surface area contributed by atoms with Gasteiger partial charge in [-0.3, -0.25) is 4.79 Å². The zero-order valence-electron chi connectivity index (χ0n) is 11.8. The van der Waals surface area contributed by atoms with E-state index in [9.17, 15) is 9.59 Å². The van der Waals surface area contributed by atoms with Crippen molar-refractivity contribution in [2.24, 2.45) is 0 Å². The fourth-order valence-corrected chi connectivity index (χ4v) is 2.01. The Morgan fingerprint density at radius 1 is 1.24 bits per heavy atom. The van der Waals surface area contributed by atoms with E-state index in [1.807, 2.05) is 31.2 Å². The molecule has 0 saturated heterocycles. The van der Waals surface area contributed by atoms with E-state index in [-0.39, 0.29) is 17.2 Å². The van der Waals surface area contributed by atoms with Gasteiger partial charge in [0.25, 0.3) is 0 Å². The summed E-state index contributed by atoms with van der Waals surface area (Å²) in [5, 5.41) is 11.7. The number of carbonyl (C=O) groups excluding carboxylic acids is 1. The molecule has 0 saturated carbocycles. The number of anilines is 1. The molecule has 0 radical (unpaired) electrons. The Morgan fingerprint density at radius 3 is 2.62 bits per heavy atom. The number of amides is 1. The van der Waals surface area contributed by atoms with Crippen LogP contribution in [0.2, 0.25) is 0 Å². The molecular formula is C16H16N2O3. The summed E-state index contributed by atoms with van der Waals surface area (Å²) in [6, 6.07) is 7.68. The lowest BCUT2D eigenvalue weighted by atomic mass is 10.1. The van der Waals surface area contributed by atoms with Crippen LogP contribution in [0.25, 0.3) is 6.08 Å². The van der Waals surface area contributed by atoms with E-state index in [1.165, 1.54) is 12.3 Å². The van der Waals surface area contributed by atoms with Gasteiger partial charge in [-0.15, -0.1) is 0 Å². The van der Waals surface area contributed by atoms with Crippen LogP contribution < -0.4 is 5.32 Å². The Hall–Kier alpha value is -2.82. The summed E-state index contributed by atoms with van der Waals surface area (Å²) in [6.45, 7) is 3.60. The number of hydrogen-bond acceptors (Lipinski definition) is 2. The van der Waals surface area contributed by atoms with Crippen LogP contribution >= 0.6 is 0 Å². The van der Waals surface area contributed by atoms with Crippen molar-refractivity contribution in [3.8, 4) is 0 Å². The molecule has 3 N–H and O–H groups in total. The molecule has 5 nitrogen and oxygen atoms in total. The second kappa shape index (κ2) is 6.09. The Balaban J connectivity index is 2.13. The first kappa shape index (κ1) is 14.6. The molecule has 108 valence electrons. The number of aromatic carboxylic acids is 1. The molecular weight excluding hydrogens is 268 g/mol. The number of carbonyl (C=O) groups is 2. The number of rotatable bonds is 4. The van der Waals surface area contributed by atoms with E-state index in [4.69, 9.17) is 5.11 Å². The Labute approximate surface area is 122 Å². The monoisotopic (exact) mass is 284 g/mol. The quantitative estimate of drug-likeness (QED) is 0.755. The average Bonchev–Trinajstić information content (AvgIpc) is 2.79. The third kappa shape index (κ3) is 3.39. The second-order valence-corrected chi connectivity index (χ2v) is 4.69. The van der Waals surface area contributed by atoms with Gasteiger partial charge in [-0.2, -0.15) is 0 Å². The number of H-pyrrole nitrogens is 1. The van der Waals surface area contributed by atoms with Gasteiger partial charge in [-0.05, 0) is 31.1 Å². The molecule has 0 fully saturated rings. The van der Waals surface area contributed by atoms with Crippen molar-refractivity contribution in [3.05, 3.63) is 58.9 Å². The van der Waals surface area contributed by atoms with Crippen LogP contribution in [0.5, 0.6) is 0 Å². The highest BCUT2D eigenvalue weighted by Gasteiger charge is 2.16. The van der Waals surface area contributed by atoms with Crippen molar-refractivity contribution in [3.63, 3.8) is 0 Å². The zero-order chi connectivity index (χ0) is 15.4. The summed E-state index contributed by atoms with van der Waals surface area (Å²) in [5.41, 5.74) is 2.84. The Kier molecular flexibility index (Phi) is 4.23. The van der Waals surface area contributed by atoms with Gasteiger partial charge in [-0.1, -0.05) is 24.3 Å². The van der Waals surface area contributed by atoms with Gasteiger partial charge >= 0.3 is 5.97 Å². The first-order valence-electron chi connectivity index (χ1n) is 6.45. The summed E-state index contributed by atoms with van der Waals surface area (Å²) < 4.78 is 0. The largest absolute Gasteiger partial charge is 0.478 e. The van der Waals surface area contributed by atoms with Gasteiger partial charge < -0.3 is 15.4 Å². The van der Waals surface area contributed by atoms with Crippen molar-refractivity contribution in [2.45, 2.75) is 13.8 Å². The van der Waals surface area contributed by atoms with Gasteiger partial charge in [-0.25, -0.2) is 4.79 Å². The number of aryl methyl sites for hydroxylation is 2. The highest BCUT2D eigenvalue weighted by atomic mass is 16.4. The summed E-state index contributed by atoms with van der Waals surface area (Å²) in [5.74, 6) is -1.45. The van der Waals surface area contributed by atoms with Gasteiger partial charge in [0.15, 0.2) is 0 Å². The third-order valence-corrected chi connectivity index (χ3v) is 3.15. The molecule has 21 heavy (non-hydrogen) atoms. The van der Waals surface area contributed by atoms with Crippen LogP contribution in [0.1, 0.15) is 27.2 Å². The van der Waals surface area contributed by atoms with Crippen molar-refractivity contribution in [2.75, 3.05) is 5.32 Å². The second-order valence-electron chi connectivity index (χ2n) is 4.69. The lowest BCUT2D eigenvalue weighted by Crippen LogP contribution is -2.11.